The summed E-state index contributed by atoms with van der Waals surface area (Å²) in [5.41, 5.74) is 2.27. The van der Waals surface area contributed by atoms with Crippen LogP contribution >= 0.6 is 34.8 Å². The second-order valence-corrected chi connectivity index (χ2v) is 8.32. The van der Waals surface area contributed by atoms with Crippen LogP contribution in [0, 0.1) is 0 Å². The zero-order valence-corrected chi connectivity index (χ0v) is 21.7. The molecule has 37 heavy (non-hydrogen) atoms. The van der Waals surface area contributed by atoms with Gasteiger partial charge in [-0.3, -0.25) is 0 Å². The molecule has 0 aliphatic rings. The normalized spacial score (nSPS) is 11.1. The topological polar surface area (TPSA) is 7.76 Å². The summed E-state index contributed by atoms with van der Waals surface area (Å²) in [6, 6.07) is 17.8. The Morgan fingerprint density at radius 3 is 1.46 bits per heavy atom. The van der Waals surface area contributed by atoms with E-state index in [9.17, 15) is 34.5 Å². The van der Waals surface area contributed by atoms with Crippen LogP contribution in [0.5, 0.6) is 0 Å². The van der Waals surface area contributed by atoms with Crippen LogP contribution in [0.15, 0.2) is 67.0 Å². The molecule has 0 spiro atoms. The molecule has 0 atom stereocenters. The summed E-state index contributed by atoms with van der Waals surface area (Å²) in [6.07, 6.45) is 3.99. The number of halogens is 11. The van der Waals surface area contributed by atoms with Crippen LogP contribution in [-0.2, 0) is 13.1 Å². The van der Waals surface area contributed by atoms with Gasteiger partial charge in [0, 0.05) is 29.3 Å². The molecule has 0 unspecified atom stereocenters. The highest BCUT2D eigenvalue weighted by atomic mass is 35.5. The highest BCUT2D eigenvalue weighted by Gasteiger charge is 2.21. The summed E-state index contributed by atoms with van der Waals surface area (Å²) in [5.74, 6) is 0. The lowest BCUT2D eigenvalue weighted by atomic mass is 10.2. The highest BCUT2D eigenvalue weighted by Crippen LogP contribution is 2.23. The van der Waals surface area contributed by atoms with Crippen molar-refractivity contribution in [2.75, 3.05) is 0 Å². The minimum Gasteiger partial charge on any atom is -0.418 e. The van der Waals surface area contributed by atoms with Gasteiger partial charge in [-0.2, -0.15) is 9.13 Å². The smallest absolute Gasteiger partial charge is 0.418 e. The SMILES string of the molecule is CC[n+]1ccc(Cl)c2ccc(Cl)cc21.CC[n+]1ccc(Cl)c2ccccc21.F[B-](F)(F)F.F[B-](F)(F)F. The standard InChI is InChI=1S/C11H10Cl2N.C11H11ClN.2BF4/c1-2-14-6-5-10(13)9-4-3-8(12)7-11(9)14;1-2-13-8-7-10(12)9-5-3-4-6-11(9)13;2*2-1(3,4)5/h3-7H,2H2,1H3;3-8H,2H2,1H3;;/q2*+1;2*-1. The summed E-state index contributed by atoms with van der Waals surface area (Å²) in [7, 11) is -12.0. The fourth-order valence-electron chi connectivity index (χ4n) is 3.07. The zero-order valence-electron chi connectivity index (χ0n) is 19.5. The van der Waals surface area contributed by atoms with E-state index in [-0.39, 0.29) is 0 Å². The molecule has 0 saturated heterocycles. The van der Waals surface area contributed by atoms with Crippen molar-refractivity contribution >= 4 is 71.1 Å². The van der Waals surface area contributed by atoms with Crippen molar-refractivity contribution < 1.29 is 43.7 Å². The minimum absolute atomic E-state index is 0.738. The van der Waals surface area contributed by atoms with Crippen LogP contribution in [0.2, 0.25) is 15.1 Å². The Hall–Kier alpha value is -2.30. The lowest BCUT2D eigenvalue weighted by molar-refractivity contribution is -0.668. The third kappa shape index (κ3) is 12.7. The fourth-order valence-corrected chi connectivity index (χ4v) is 3.67. The molecule has 2 aromatic carbocycles. The zero-order chi connectivity index (χ0) is 28.4. The number of nitrogens with zero attached hydrogens (tertiary/aromatic N) is 2. The van der Waals surface area contributed by atoms with Crippen LogP contribution < -0.4 is 9.13 Å². The molecule has 0 aliphatic heterocycles. The third-order valence-corrected chi connectivity index (χ3v) is 5.37. The van der Waals surface area contributed by atoms with Gasteiger partial charge in [0.25, 0.3) is 0 Å². The summed E-state index contributed by atoms with van der Waals surface area (Å²) in [4.78, 5) is 0. The number of para-hydroxylation sites is 1. The van der Waals surface area contributed by atoms with E-state index < -0.39 is 14.5 Å². The first-order chi connectivity index (χ1) is 17.0. The molecule has 2 aromatic heterocycles. The van der Waals surface area contributed by atoms with Gasteiger partial charge in [0.1, 0.15) is 13.1 Å². The van der Waals surface area contributed by atoms with Crippen LogP contribution in [0.4, 0.5) is 34.5 Å². The van der Waals surface area contributed by atoms with Crippen LogP contribution in [-0.4, -0.2) is 14.5 Å². The maximum atomic E-state index is 9.75. The predicted molar refractivity (Wildman–Crippen MR) is 135 cm³/mol. The van der Waals surface area contributed by atoms with E-state index >= 15 is 0 Å². The van der Waals surface area contributed by atoms with Gasteiger partial charge in [-0.15, -0.1) is 0 Å². The average molecular weight is 593 g/mol. The molecule has 0 N–H and O–H groups in total. The van der Waals surface area contributed by atoms with Gasteiger partial charge >= 0.3 is 14.5 Å². The molecule has 4 rings (SSSR count). The Balaban J connectivity index is 0.000000275. The molecular weight excluding hydrogens is 572 g/mol. The second-order valence-electron chi connectivity index (χ2n) is 7.07. The Bertz CT molecular complexity index is 1280. The number of aromatic nitrogens is 2. The molecule has 0 amide bonds. The van der Waals surface area contributed by atoms with Crippen LogP contribution in [0.1, 0.15) is 13.8 Å². The molecule has 2 heterocycles. The maximum Gasteiger partial charge on any atom is 0.673 e. The lowest BCUT2D eigenvalue weighted by Crippen LogP contribution is -2.32. The van der Waals surface area contributed by atoms with Gasteiger partial charge in [0.05, 0.1) is 20.8 Å². The van der Waals surface area contributed by atoms with E-state index in [4.69, 9.17) is 34.8 Å². The molecule has 202 valence electrons. The van der Waals surface area contributed by atoms with Crippen molar-refractivity contribution in [3.05, 3.63) is 82.1 Å². The first kappa shape index (κ1) is 32.7. The number of hydrogen-bond donors (Lipinski definition) is 0. The molecule has 4 aromatic rings. The number of fused-ring (bicyclic) bond motifs is 2. The van der Waals surface area contributed by atoms with Crippen molar-refractivity contribution in [1.29, 1.82) is 0 Å². The van der Waals surface area contributed by atoms with Crippen LogP contribution in [0.3, 0.4) is 0 Å². The maximum absolute atomic E-state index is 9.75. The van der Waals surface area contributed by atoms with Gasteiger partial charge in [0.2, 0.25) is 11.0 Å². The van der Waals surface area contributed by atoms with E-state index in [0.29, 0.717) is 0 Å². The highest BCUT2D eigenvalue weighted by molar-refractivity contribution is 6.50. The van der Waals surface area contributed by atoms with Gasteiger partial charge in [-0.1, -0.05) is 46.9 Å². The van der Waals surface area contributed by atoms with E-state index in [1.165, 1.54) is 5.52 Å². The van der Waals surface area contributed by atoms with Crippen molar-refractivity contribution in [2.24, 2.45) is 0 Å². The molecule has 15 heteroatoms. The van der Waals surface area contributed by atoms with E-state index in [0.717, 1.165) is 44.4 Å². The summed E-state index contributed by atoms with van der Waals surface area (Å²) < 4.78 is 82.3. The number of pyridine rings is 2. The minimum atomic E-state index is -6.00. The lowest BCUT2D eigenvalue weighted by Gasteiger charge is -2.00. The molecule has 0 aliphatic carbocycles. The molecule has 0 fully saturated rings. The van der Waals surface area contributed by atoms with Crippen molar-refractivity contribution in [3.8, 4) is 0 Å². The first-order valence-electron chi connectivity index (χ1n) is 10.6. The van der Waals surface area contributed by atoms with Crippen LogP contribution in [0.25, 0.3) is 21.8 Å². The largest absolute Gasteiger partial charge is 0.673 e. The van der Waals surface area contributed by atoms with E-state index in [2.05, 4.69) is 29.0 Å². The molecular formula is C22H21B2Cl3F8N2. The summed E-state index contributed by atoms with van der Waals surface area (Å²) >= 11 is 18.1. The Morgan fingerprint density at radius 2 is 1.00 bits per heavy atom. The van der Waals surface area contributed by atoms with E-state index in [1.54, 1.807) is 0 Å². The van der Waals surface area contributed by atoms with Gasteiger partial charge in [-0.25, -0.2) is 0 Å². The van der Waals surface area contributed by atoms with Crippen molar-refractivity contribution in [1.82, 2.24) is 0 Å². The quantitative estimate of drug-likeness (QED) is 0.125. The van der Waals surface area contributed by atoms with E-state index in [1.807, 2.05) is 60.9 Å². The first-order valence-corrected chi connectivity index (χ1v) is 11.8. The Labute approximate surface area is 223 Å². The number of rotatable bonds is 2. The van der Waals surface area contributed by atoms with Gasteiger partial charge in [0.15, 0.2) is 12.4 Å². The number of hydrogen-bond acceptors (Lipinski definition) is 0. The second kappa shape index (κ2) is 14.6. The Kier molecular flexibility index (Phi) is 12.9. The van der Waals surface area contributed by atoms with Gasteiger partial charge in [-0.05, 0) is 32.0 Å². The predicted octanol–water partition coefficient (Wildman–Crippen LogP) is 8.85. The summed E-state index contributed by atoms with van der Waals surface area (Å²) in [6.45, 7) is 6.10. The van der Waals surface area contributed by atoms with Crippen molar-refractivity contribution in [2.45, 2.75) is 26.9 Å². The molecule has 2 nitrogen and oxygen atoms in total. The molecule has 0 radical (unpaired) electrons. The fraction of sp³-hybridized carbons (Fsp3) is 0.182. The number of aryl methyl sites for hydroxylation is 2. The summed E-state index contributed by atoms with van der Waals surface area (Å²) in [5, 5.41) is 4.48. The van der Waals surface area contributed by atoms with Crippen molar-refractivity contribution in [3.63, 3.8) is 0 Å². The third-order valence-electron chi connectivity index (χ3n) is 4.48. The monoisotopic (exact) mass is 592 g/mol. The molecule has 0 bridgehead atoms. The molecule has 0 saturated carbocycles. The number of benzene rings is 2. The van der Waals surface area contributed by atoms with Gasteiger partial charge < -0.3 is 34.5 Å². The average Bonchev–Trinajstić information content (AvgIpc) is 2.78. The Morgan fingerprint density at radius 1 is 0.595 bits per heavy atom.